The molecular formula is C15H20N2O4. The summed E-state index contributed by atoms with van der Waals surface area (Å²) >= 11 is 0. The van der Waals surface area contributed by atoms with E-state index < -0.39 is 11.9 Å². The van der Waals surface area contributed by atoms with Crippen LogP contribution in [0.3, 0.4) is 0 Å². The van der Waals surface area contributed by atoms with Crippen molar-refractivity contribution in [3.63, 3.8) is 0 Å². The number of aryl methyl sites for hydroxylation is 1. The van der Waals surface area contributed by atoms with Crippen molar-refractivity contribution in [2.24, 2.45) is 11.8 Å². The molecule has 1 aromatic carbocycles. The zero-order valence-corrected chi connectivity index (χ0v) is 12.4. The van der Waals surface area contributed by atoms with Crippen molar-refractivity contribution in [1.82, 2.24) is 4.90 Å². The maximum Gasteiger partial charge on any atom is 0.321 e. The molecule has 1 aliphatic heterocycles. The lowest BCUT2D eigenvalue weighted by Crippen LogP contribution is -2.54. The number of carboxylic acids is 1. The van der Waals surface area contributed by atoms with E-state index in [-0.39, 0.29) is 11.9 Å². The van der Waals surface area contributed by atoms with Crippen LogP contribution in [0.5, 0.6) is 5.75 Å². The molecule has 1 atom stereocenters. The van der Waals surface area contributed by atoms with E-state index in [1.54, 1.807) is 25.0 Å². The van der Waals surface area contributed by atoms with Crippen LogP contribution >= 0.6 is 0 Å². The number of urea groups is 1. The third-order valence-corrected chi connectivity index (χ3v) is 3.89. The van der Waals surface area contributed by atoms with Gasteiger partial charge in [-0.15, -0.1) is 0 Å². The first-order valence-corrected chi connectivity index (χ1v) is 6.85. The molecule has 1 unspecified atom stereocenters. The second kappa shape index (κ2) is 6.03. The number of amides is 2. The van der Waals surface area contributed by atoms with Gasteiger partial charge in [0.15, 0.2) is 0 Å². The molecule has 1 aliphatic rings. The summed E-state index contributed by atoms with van der Waals surface area (Å²) in [6.07, 6.45) is 0. The second-order valence-corrected chi connectivity index (χ2v) is 5.43. The highest BCUT2D eigenvalue weighted by atomic mass is 16.5. The molecule has 6 heteroatoms. The van der Waals surface area contributed by atoms with Crippen LogP contribution in [0.2, 0.25) is 0 Å². The number of rotatable bonds is 4. The van der Waals surface area contributed by atoms with Crippen molar-refractivity contribution in [3.8, 4) is 5.75 Å². The number of methoxy groups -OCH3 is 1. The standard InChI is InChI=1S/C15H20N2O4/c1-9-4-5-13(21-3)12(6-9)16-15(20)17-7-11(8-17)10(2)14(18)19/h4-6,10-11H,7-8H2,1-3H3,(H,16,20)(H,18,19). The smallest absolute Gasteiger partial charge is 0.321 e. The van der Waals surface area contributed by atoms with Crippen LogP contribution < -0.4 is 10.1 Å². The molecule has 2 rings (SSSR count). The van der Waals surface area contributed by atoms with Crippen LogP contribution in [0.15, 0.2) is 18.2 Å². The van der Waals surface area contributed by atoms with E-state index in [4.69, 9.17) is 9.84 Å². The molecule has 0 spiro atoms. The second-order valence-electron chi connectivity index (χ2n) is 5.43. The van der Waals surface area contributed by atoms with E-state index in [0.29, 0.717) is 24.5 Å². The number of carbonyl (C=O) groups excluding carboxylic acids is 1. The van der Waals surface area contributed by atoms with E-state index in [2.05, 4.69) is 5.32 Å². The molecule has 21 heavy (non-hydrogen) atoms. The van der Waals surface area contributed by atoms with E-state index in [1.165, 1.54) is 0 Å². The molecule has 2 amide bonds. The zero-order chi connectivity index (χ0) is 15.6. The predicted octanol–water partition coefficient (Wildman–Crippen LogP) is 2.19. The summed E-state index contributed by atoms with van der Waals surface area (Å²) in [4.78, 5) is 24.6. The third-order valence-electron chi connectivity index (χ3n) is 3.89. The first-order valence-electron chi connectivity index (χ1n) is 6.85. The van der Waals surface area contributed by atoms with Crippen molar-refractivity contribution < 1.29 is 19.4 Å². The first-order chi connectivity index (χ1) is 9.92. The van der Waals surface area contributed by atoms with Gasteiger partial charge in [0.05, 0.1) is 18.7 Å². The molecule has 2 N–H and O–H groups in total. The molecular weight excluding hydrogens is 272 g/mol. The molecule has 0 radical (unpaired) electrons. The minimum Gasteiger partial charge on any atom is -0.495 e. The number of nitrogens with one attached hydrogen (secondary N) is 1. The predicted molar refractivity (Wildman–Crippen MR) is 78.6 cm³/mol. The zero-order valence-electron chi connectivity index (χ0n) is 12.4. The number of aliphatic carboxylic acids is 1. The number of ether oxygens (including phenoxy) is 1. The maximum atomic E-state index is 12.1. The van der Waals surface area contributed by atoms with E-state index >= 15 is 0 Å². The van der Waals surface area contributed by atoms with Gasteiger partial charge in [0.1, 0.15) is 5.75 Å². The number of carbonyl (C=O) groups is 2. The minimum atomic E-state index is -0.819. The SMILES string of the molecule is COc1ccc(C)cc1NC(=O)N1CC(C(C)C(=O)O)C1. The Kier molecular flexibility index (Phi) is 4.35. The average Bonchev–Trinajstić information content (AvgIpc) is 2.36. The highest BCUT2D eigenvalue weighted by Crippen LogP contribution is 2.28. The van der Waals surface area contributed by atoms with Gasteiger partial charge in [0, 0.05) is 19.0 Å². The van der Waals surface area contributed by atoms with E-state index in [1.807, 2.05) is 19.1 Å². The fraction of sp³-hybridized carbons (Fsp3) is 0.467. The van der Waals surface area contributed by atoms with Crippen LogP contribution in [0.4, 0.5) is 10.5 Å². The van der Waals surface area contributed by atoms with E-state index in [9.17, 15) is 9.59 Å². The summed E-state index contributed by atoms with van der Waals surface area (Å²) in [5.41, 5.74) is 1.64. The fourth-order valence-corrected chi connectivity index (χ4v) is 2.31. The highest BCUT2D eigenvalue weighted by Gasteiger charge is 2.37. The minimum absolute atomic E-state index is 0.0210. The van der Waals surface area contributed by atoms with Gasteiger partial charge in [0.25, 0.3) is 0 Å². The third kappa shape index (κ3) is 3.26. The Labute approximate surface area is 123 Å². The van der Waals surface area contributed by atoms with Crippen molar-refractivity contribution >= 4 is 17.7 Å². The number of carboxylic acid groups (broad SMARTS) is 1. The number of likely N-dealkylation sites (tertiary alicyclic amines) is 1. The lowest BCUT2D eigenvalue weighted by molar-refractivity contribution is -0.144. The Morgan fingerprint density at radius 3 is 2.67 bits per heavy atom. The van der Waals surface area contributed by atoms with Gasteiger partial charge < -0.3 is 20.1 Å². The lowest BCUT2D eigenvalue weighted by Gasteiger charge is -2.41. The molecule has 1 fully saturated rings. The van der Waals surface area contributed by atoms with E-state index in [0.717, 1.165) is 5.56 Å². The summed E-state index contributed by atoms with van der Waals surface area (Å²) in [5.74, 6) is -0.624. The Morgan fingerprint density at radius 2 is 2.10 bits per heavy atom. The van der Waals surface area contributed by atoms with Gasteiger partial charge in [-0.1, -0.05) is 13.0 Å². The van der Waals surface area contributed by atoms with Crippen molar-refractivity contribution in [2.45, 2.75) is 13.8 Å². The molecule has 0 aliphatic carbocycles. The topological polar surface area (TPSA) is 78.9 Å². The first kappa shape index (κ1) is 15.2. The monoisotopic (exact) mass is 292 g/mol. The lowest BCUT2D eigenvalue weighted by atomic mass is 9.87. The molecule has 1 saturated heterocycles. The van der Waals surface area contributed by atoms with Gasteiger partial charge in [-0.3, -0.25) is 4.79 Å². The van der Waals surface area contributed by atoms with Crippen molar-refractivity contribution in [3.05, 3.63) is 23.8 Å². The molecule has 1 heterocycles. The van der Waals surface area contributed by atoms with Crippen LogP contribution in [0.1, 0.15) is 12.5 Å². The largest absolute Gasteiger partial charge is 0.495 e. The molecule has 1 aromatic rings. The van der Waals surface area contributed by atoms with Gasteiger partial charge in [0.2, 0.25) is 0 Å². The number of hydrogen-bond donors (Lipinski definition) is 2. The summed E-state index contributed by atoms with van der Waals surface area (Å²) in [5, 5.41) is 11.7. The molecule has 0 bridgehead atoms. The van der Waals surface area contributed by atoms with Gasteiger partial charge >= 0.3 is 12.0 Å². The summed E-state index contributed by atoms with van der Waals surface area (Å²) in [6, 6.07) is 5.32. The molecule has 114 valence electrons. The highest BCUT2D eigenvalue weighted by molar-refractivity contribution is 5.91. The van der Waals surface area contributed by atoms with Crippen LogP contribution in [0.25, 0.3) is 0 Å². The molecule has 0 aromatic heterocycles. The summed E-state index contributed by atoms with van der Waals surface area (Å²) in [6.45, 7) is 4.54. The van der Waals surface area contributed by atoms with Crippen LogP contribution in [-0.4, -0.2) is 42.2 Å². The maximum absolute atomic E-state index is 12.1. The Bertz CT molecular complexity index is 553. The number of hydrogen-bond acceptors (Lipinski definition) is 3. The quantitative estimate of drug-likeness (QED) is 0.891. The average molecular weight is 292 g/mol. The van der Waals surface area contributed by atoms with Gasteiger partial charge in [-0.05, 0) is 24.6 Å². The Hall–Kier alpha value is -2.24. The number of nitrogens with zero attached hydrogens (tertiary/aromatic N) is 1. The summed E-state index contributed by atoms with van der Waals surface area (Å²) in [7, 11) is 1.55. The van der Waals surface area contributed by atoms with Crippen molar-refractivity contribution in [1.29, 1.82) is 0 Å². The molecule has 0 saturated carbocycles. The number of benzene rings is 1. The van der Waals surface area contributed by atoms with Crippen LogP contribution in [0, 0.1) is 18.8 Å². The fourth-order valence-electron chi connectivity index (χ4n) is 2.31. The Balaban J connectivity index is 1.95. The van der Waals surface area contributed by atoms with Crippen molar-refractivity contribution in [2.75, 3.05) is 25.5 Å². The molecule has 6 nitrogen and oxygen atoms in total. The van der Waals surface area contributed by atoms with Gasteiger partial charge in [-0.2, -0.15) is 0 Å². The normalized spacial score (nSPS) is 16.0. The Morgan fingerprint density at radius 1 is 1.43 bits per heavy atom. The van der Waals surface area contributed by atoms with Crippen LogP contribution in [-0.2, 0) is 4.79 Å². The van der Waals surface area contributed by atoms with Gasteiger partial charge in [-0.25, -0.2) is 4.79 Å². The summed E-state index contributed by atoms with van der Waals surface area (Å²) < 4.78 is 5.21. The number of anilines is 1.